The quantitative estimate of drug-likeness (QED) is 0.387. The van der Waals surface area contributed by atoms with Crippen LogP contribution in [0.4, 0.5) is 0 Å². The molecular formula is C23H23N3O4S2. The summed E-state index contributed by atoms with van der Waals surface area (Å²) in [6, 6.07) is 12.4. The highest BCUT2D eigenvalue weighted by molar-refractivity contribution is 7.99. The number of carbonyl (C=O) groups is 1. The largest absolute Gasteiger partial charge is 0.465 e. The first-order valence-electron chi connectivity index (χ1n) is 9.97. The van der Waals surface area contributed by atoms with E-state index in [9.17, 15) is 13.2 Å². The number of aromatic nitrogens is 3. The van der Waals surface area contributed by atoms with E-state index in [0.717, 1.165) is 38.6 Å². The van der Waals surface area contributed by atoms with Crippen molar-refractivity contribution in [3.63, 3.8) is 0 Å². The van der Waals surface area contributed by atoms with Crippen LogP contribution < -0.4 is 0 Å². The second kappa shape index (κ2) is 8.48. The summed E-state index contributed by atoms with van der Waals surface area (Å²) < 4.78 is 33.1. The number of ether oxygens (including phenoxy) is 1. The van der Waals surface area contributed by atoms with Crippen LogP contribution in [0.5, 0.6) is 0 Å². The van der Waals surface area contributed by atoms with Gasteiger partial charge < -0.3 is 9.30 Å². The maximum absolute atomic E-state index is 12.2. The van der Waals surface area contributed by atoms with Crippen molar-refractivity contribution in [2.24, 2.45) is 0 Å². The number of sulfone groups is 1. The van der Waals surface area contributed by atoms with E-state index < -0.39 is 15.8 Å². The Morgan fingerprint density at radius 3 is 2.62 bits per heavy atom. The van der Waals surface area contributed by atoms with E-state index in [2.05, 4.69) is 5.10 Å². The van der Waals surface area contributed by atoms with Gasteiger partial charge >= 0.3 is 5.97 Å². The maximum atomic E-state index is 12.2. The summed E-state index contributed by atoms with van der Waals surface area (Å²) in [5, 5.41) is 5.31. The van der Waals surface area contributed by atoms with E-state index in [0.29, 0.717) is 5.56 Å². The van der Waals surface area contributed by atoms with Crippen molar-refractivity contribution in [1.82, 2.24) is 14.3 Å². The van der Waals surface area contributed by atoms with Gasteiger partial charge in [-0.3, -0.25) is 4.68 Å². The highest BCUT2D eigenvalue weighted by atomic mass is 32.2. The summed E-state index contributed by atoms with van der Waals surface area (Å²) in [5.74, 6) is -0.392. The molecule has 0 aliphatic carbocycles. The van der Waals surface area contributed by atoms with Crippen LogP contribution in [0.1, 0.15) is 23.0 Å². The number of hydrogen-bond donors (Lipinski definition) is 0. The molecule has 0 saturated carbocycles. The standard InChI is InChI=1S/C23H23N3O4S2/c1-5-25-14-17(13-24-25)26-15(2)22(20-10-9-19(12-21(20)26)32(4,28)29)31-18-8-6-7-16(11-18)23(27)30-3/h6-14H,5H2,1-4H3. The molecule has 2 aromatic heterocycles. The molecule has 0 saturated heterocycles. The highest BCUT2D eigenvalue weighted by Crippen LogP contribution is 2.40. The van der Waals surface area contributed by atoms with Gasteiger partial charge in [0, 0.05) is 39.9 Å². The number of benzene rings is 2. The minimum atomic E-state index is -3.37. The topological polar surface area (TPSA) is 83.2 Å². The lowest BCUT2D eigenvalue weighted by molar-refractivity contribution is 0.0600. The van der Waals surface area contributed by atoms with E-state index in [4.69, 9.17) is 4.74 Å². The third-order valence-corrected chi connectivity index (χ3v) is 7.54. The van der Waals surface area contributed by atoms with Crippen molar-refractivity contribution in [1.29, 1.82) is 0 Å². The van der Waals surface area contributed by atoms with E-state index in [1.54, 1.807) is 30.5 Å². The first-order chi connectivity index (χ1) is 15.2. The summed E-state index contributed by atoms with van der Waals surface area (Å²) in [6.45, 7) is 4.74. The number of aryl methyl sites for hydroxylation is 1. The molecule has 7 nitrogen and oxygen atoms in total. The van der Waals surface area contributed by atoms with Crippen LogP contribution in [-0.4, -0.2) is 42.1 Å². The molecule has 0 amide bonds. The van der Waals surface area contributed by atoms with Gasteiger partial charge in [-0.1, -0.05) is 23.9 Å². The third-order valence-electron chi connectivity index (χ3n) is 5.22. The molecule has 0 unspecified atom stereocenters. The number of nitrogens with zero attached hydrogens (tertiary/aromatic N) is 3. The number of carbonyl (C=O) groups excluding carboxylic acids is 1. The maximum Gasteiger partial charge on any atom is 0.337 e. The molecule has 0 radical (unpaired) electrons. The minimum Gasteiger partial charge on any atom is -0.465 e. The Morgan fingerprint density at radius 2 is 1.97 bits per heavy atom. The second-order valence-corrected chi connectivity index (χ2v) is 10.5. The van der Waals surface area contributed by atoms with Gasteiger partial charge in [-0.05, 0) is 44.2 Å². The molecule has 166 valence electrons. The molecule has 0 N–H and O–H groups in total. The van der Waals surface area contributed by atoms with Crippen molar-refractivity contribution in [2.75, 3.05) is 13.4 Å². The first-order valence-corrected chi connectivity index (χ1v) is 12.7. The zero-order valence-corrected chi connectivity index (χ0v) is 19.8. The number of fused-ring (bicyclic) bond motifs is 1. The van der Waals surface area contributed by atoms with Crippen LogP contribution in [0.25, 0.3) is 16.6 Å². The van der Waals surface area contributed by atoms with Crippen LogP contribution in [0, 0.1) is 6.92 Å². The average Bonchev–Trinajstić information content (AvgIpc) is 3.35. The molecule has 0 spiro atoms. The van der Waals surface area contributed by atoms with Gasteiger partial charge in [-0.15, -0.1) is 0 Å². The molecule has 2 heterocycles. The lowest BCUT2D eigenvalue weighted by atomic mass is 10.2. The fourth-order valence-corrected chi connectivity index (χ4v) is 5.35. The van der Waals surface area contributed by atoms with E-state index in [-0.39, 0.29) is 4.90 Å². The number of esters is 1. The molecule has 0 bridgehead atoms. The molecule has 32 heavy (non-hydrogen) atoms. The van der Waals surface area contributed by atoms with Crippen molar-refractivity contribution in [3.05, 3.63) is 66.1 Å². The zero-order chi connectivity index (χ0) is 23.0. The van der Waals surface area contributed by atoms with Gasteiger partial charge in [0.15, 0.2) is 9.84 Å². The van der Waals surface area contributed by atoms with Gasteiger partial charge in [0.05, 0.1) is 35.0 Å². The Labute approximate surface area is 190 Å². The van der Waals surface area contributed by atoms with Crippen LogP contribution in [0.2, 0.25) is 0 Å². The molecule has 0 fully saturated rings. The summed E-state index contributed by atoms with van der Waals surface area (Å²) in [7, 11) is -2.01. The first kappa shape index (κ1) is 22.2. The molecular weight excluding hydrogens is 446 g/mol. The average molecular weight is 470 g/mol. The van der Waals surface area contributed by atoms with Crippen LogP contribution in [-0.2, 0) is 21.1 Å². The molecule has 2 aromatic carbocycles. The third kappa shape index (κ3) is 4.05. The number of hydrogen-bond acceptors (Lipinski definition) is 6. The van der Waals surface area contributed by atoms with E-state index in [1.165, 1.54) is 25.1 Å². The predicted molar refractivity (Wildman–Crippen MR) is 124 cm³/mol. The van der Waals surface area contributed by atoms with Crippen molar-refractivity contribution >= 4 is 38.5 Å². The molecule has 9 heteroatoms. The van der Waals surface area contributed by atoms with Gasteiger partial charge in [0.2, 0.25) is 0 Å². The Hall–Kier alpha value is -3.04. The van der Waals surface area contributed by atoms with E-state index >= 15 is 0 Å². The normalized spacial score (nSPS) is 11.8. The smallest absolute Gasteiger partial charge is 0.337 e. The summed E-state index contributed by atoms with van der Waals surface area (Å²) >= 11 is 1.52. The zero-order valence-electron chi connectivity index (χ0n) is 18.2. The SMILES string of the molecule is CCn1cc(-n2c(C)c(Sc3cccc(C(=O)OC)c3)c3ccc(S(C)(=O)=O)cc32)cn1. The van der Waals surface area contributed by atoms with Crippen molar-refractivity contribution < 1.29 is 17.9 Å². The fourth-order valence-electron chi connectivity index (χ4n) is 3.62. The monoisotopic (exact) mass is 469 g/mol. The van der Waals surface area contributed by atoms with Crippen molar-refractivity contribution in [2.45, 2.75) is 35.1 Å². The molecule has 0 atom stereocenters. The minimum absolute atomic E-state index is 0.260. The molecule has 4 rings (SSSR count). The Balaban J connectivity index is 1.91. The Bertz CT molecular complexity index is 1430. The van der Waals surface area contributed by atoms with Crippen molar-refractivity contribution in [3.8, 4) is 5.69 Å². The van der Waals surface area contributed by atoms with Crippen LogP contribution in [0.15, 0.2) is 69.5 Å². The Kier molecular flexibility index (Phi) is 5.87. The summed E-state index contributed by atoms with van der Waals surface area (Å²) in [6.07, 6.45) is 4.92. The Morgan fingerprint density at radius 1 is 1.19 bits per heavy atom. The lowest BCUT2D eigenvalue weighted by Gasteiger charge is -2.07. The summed E-state index contributed by atoms with van der Waals surface area (Å²) in [4.78, 5) is 14.1. The van der Waals surface area contributed by atoms with Gasteiger partial charge in [-0.2, -0.15) is 5.10 Å². The fraction of sp³-hybridized carbons (Fsp3) is 0.217. The number of methoxy groups -OCH3 is 1. The van der Waals surface area contributed by atoms with Crippen LogP contribution >= 0.6 is 11.8 Å². The van der Waals surface area contributed by atoms with Gasteiger partial charge in [0.25, 0.3) is 0 Å². The number of rotatable bonds is 6. The highest BCUT2D eigenvalue weighted by Gasteiger charge is 2.20. The molecule has 4 aromatic rings. The molecule has 0 aliphatic rings. The van der Waals surface area contributed by atoms with Gasteiger partial charge in [0.1, 0.15) is 0 Å². The molecule has 0 aliphatic heterocycles. The lowest BCUT2D eigenvalue weighted by Crippen LogP contribution is -2.00. The van der Waals surface area contributed by atoms with Gasteiger partial charge in [-0.25, -0.2) is 13.2 Å². The van der Waals surface area contributed by atoms with E-state index in [1.807, 2.05) is 47.5 Å². The summed E-state index contributed by atoms with van der Waals surface area (Å²) in [5.41, 5.74) is 3.07. The van der Waals surface area contributed by atoms with Crippen LogP contribution in [0.3, 0.4) is 0 Å². The predicted octanol–water partition coefficient (Wildman–Crippen LogP) is 4.50. The second-order valence-electron chi connectivity index (χ2n) is 7.38.